The molecule has 27 heavy (non-hydrogen) atoms. The summed E-state index contributed by atoms with van der Waals surface area (Å²) in [6.07, 6.45) is 2.82. The van der Waals surface area contributed by atoms with Crippen molar-refractivity contribution >= 4 is 11.9 Å². The topological polar surface area (TPSA) is 72.9 Å². The van der Waals surface area contributed by atoms with E-state index >= 15 is 0 Å². The van der Waals surface area contributed by atoms with Crippen molar-refractivity contribution in [3.05, 3.63) is 29.6 Å². The molecule has 0 bridgehead atoms. The molecule has 150 valence electrons. The van der Waals surface area contributed by atoms with Crippen molar-refractivity contribution in [1.82, 2.24) is 25.4 Å². The highest BCUT2D eigenvalue weighted by Crippen LogP contribution is 2.04. The first-order valence-corrected chi connectivity index (χ1v) is 9.94. The number of aromatic nitrogens is 1. The molecule has 2 N–H and O–H groups in total. The molecule has 1 aromatic heterocycles. The maximum atomic E-state index is 11.9. The van der Waals surface area contributed by atoms with Crippen LogP contribution in [0.5, 0.6) is 0 Å². The Morgan fingerprint density at radius 1 is 1.26 bits per heavy atom. The first kappa shape index (κ1) is 21.2. The number of pyridine rings is 1. The van der Waals surface area contributed by atoms with Crippen LogP contribution in [0.15, 0.2) is 23.3 Å². The van der Waals surface area contributed by atoms with E-state index in [1.807, 2.05) is 33.0 Å². The SMILES string of the molecule is CCNC(=NCCc1ccc(C)nc1)N1CCN(CC(=O)NC(C)C)CC1. The molecule has 2 heterocycles. The van der Waals surface area contributed by atoms with Gasteiger partial charge >= 0.3 is 0 Å². The molecular formula is C20H34N6O. The Balaban J connectivity index is 1.82. The molecule has 1 saturated heterocycles. The van der Waals surface area contributed by atoms with Gasteiger partial charge in [-0.3, -0.25) is 19.7 Å². The highest BCUT2D eigenvalue weighted by Gasteiger charge is 2.21. The number of piperazine rings is 1. The van der Waals surface area contributed by atoms with Crippen LogP contribution < -0.4 is 10.6 Å². The molecule has 1 aliphatic rings. The maximum absolute atomic E-state index is 11.9. The van der Waals surface area contributed by atoms with Crippen molar-refractivity contribution in [1.29, 1.82) is 0 Å². The normalized spacial score (nSPS) is 15.9. The standard InChI is InChI=1S/C20H34N6O/c1-5-21-20(22-9-8-18-7-6-17(4)23-14-18)26-12-10-25(11-13-26)15-19(27)24-16(2)3/h6-7,14,16H,5,8-13,15H2,1-4H3,(H,21,22)(H,24,27). The van der Waals surface area contributed by atoms with Crippen LogP contribution in [0.1, 0.15) is 32.0 Å². The van der Waals surface area contributed by atoms with Crippen molar-refractivity contribution in [2.45, 2.75) is 40.2 Å². The van der Waals surface area contributed by atoms with E-state index in [0.29, 0.717) is 6.54 Å². The van der Waals surface area contributed by atoms with Crippen LogP contribution in [0.3, 0.4) is 0 Å². The fraction of sp³-hybridized carbons (Fsp3) is 0.650. The molecule has 1 amide bonds. The molecule has 7 nitrogen and oxygen atoms in total. The molecule has 0 aromatic carbocycles. The maximum Gasteiger partial charge on any atom is 0.234 e. The molecule has 1 aliphatic heterocycles. The van der Waals surface area contributed by atoms with Gasteiger partial charge < -0.3 is 15.5 Å². The third kappa shape index (κ3) is 7.54. The molecule has 0 atom stereocenters. The van der Waals surface area contributed by atoms with Gasteiger partial charge in [-0.1, -0.05) is 6.07 Å². The molecule has 0 radical (unpaired) electrons. The van der Waals surface area contributed by atoms with Gasteiger partial charge in [0.15, 0.2) is 5.96 Å². The third-order valence-corrected chi connectivity index (χ3v) is 4.46. The fourth-order valence-corrected chi connectivity index (χ4v) is 3.05. The lowest BCUT2D eigenvalue weighted by Crippen LogP contribution is -2.54. The minimum atomic E-state index is 0.103. The fourth-order valence-electron chi connectivity index (χ4n) is 3.05. The molecule has 0 aliphatic carbocycles. The summed E-state index contributed by atoms with van der Waals surface area (Å²) < 4.78 is 0. The summed E-state index contributed by atoms with van der Waals surface area (Å²) in [4.78, 5) is 25.5. The number of amides is 1. The second-order valence-corrected chi connectivity index (χ2v) is 7.28. The highest BCUT2D eigenvalue weighted by molar-refractivity contribution is 5.80. The largest absolute Gasteiger partial charge is 0.357 e. The predicted molar refractivity (Wildman–Crippen MR) is 110 cm³/mol. The molecule has 7 heteroatoms. The quantitative estimate of drug-likeness (QED) is 0.551. The molecular weight excluding hydrogens is 340 g/mol. The van der Waals surface area contributed by atoms with Gasteiger partial charge in [0, 0.05) is 57.2 Å². The summed E-state index contributed by atoms with van der Waals surface area (Å²) in [6, 6.07) is 4.35. The van der Waals surface area contributed by atoms with Crippen LogP contribution in [0, 0.1) is 6.92 Å². The van der Waals surface area contributed by atoms with E-state index in [4.69, 9.17) is 4.99 Å². The molecule has 1 fully saturated rings. The second kappa shape index (κ2) is 10.9. The number of hydrogen-bond donors (Lipinski definition) is 2. The predicted octanol–water partition coefficient (Wildman–Crippen LogP) is 1.04. The minimum Gasteiger partial charge on any atom is -0.357 e. The van der Waals surface area contributed by atoms with E-state index < -0.39 is 0 Å². The van der Waals surface area contributed by atoms with Gasteiger partial charge in [0.25, 0.3) is 0 Å². The average Bonchev–Trinajstić information content (AvgIpc) is 2.62. The van der Waals surface area contributed by atoms with E-state index in [1.54, 1.807) is 0 Å². The zero-order chi connectivity index (χ0) is 19.6. The lowest BCUT2D eigenvalue weighted by atomic mass is 10.2. The van der Waals surface area contributed by atoms with Gasteiger partial charge in [0.1, 0.15) is 0 Å². The van der Waals surface area contributed by atoms with Crippen LogP contribution in [-0.2, 0) is 11.2 Å². The van der Waals surface area contributed by atoms with Crippen molar-refractivity contribution in [2.75, 3.05) is 45.8 Å². The van der Waals surface area contributed by atoms with Crippen LogP contribution in [0.2, 0.25) is 0 Å². The molecule has 0 saturated carbocycles. The van der Waals surface area contributed by atoms with Crippen molar-refractivity contribution in [3.8, 4) is 0 Å². The van der Waals surface area contributed by atoms with Crippen molar-refractivity contribution < 1.29 is 4.79 Å². The average molecular weight is 375 g/mol. The number of nitrogens with zero attached hydrogens (tertiary/aromatic N) is 4. The van der Waals surface area contributed by atoms with E-state index in [0.717, 1.165) is 57.3 Å². The summed E-state index contributed by atoms with van der Waals surface area (Å²) in [5, 5.41) is 6.35. The summed E-state index contributed by atoms with van der Waals surface area (Å²) in [5.74, 6) is 1.06. The number of carbonyl (C=O) groups is 1. The number of nitrogens with one attached hydrogen (secondary N) is 2. The molecule has 0 spiro atoms. The summed E-state index contributed by atoms with van der Waals surface area (Å²) in [7, 11) is 0. The van der Waals surface area contributed by atoms with Gasteiger partial charge in [-0.25, -0.2) is 0 Å². The number of carbonyl (C=O) groups excluding carboxylic acids is 1. The second-order valence-electron chi connectivity index (χ2n) is 7.28. The van der Waals surface area contributed by atoms with E-state index in [2.05, 4.69) is 38.4 Å². The van der Waals surface area contributed by atoms with Gasteiger partial charge in [0.05, 0.1) is 6.54 Å². The van der Waals surface area contributed by atoms with Gasteiger partial charge in [-0.05, 0) is 45.7 Å². The van der Waals surface area contributed by atoms with Crippen LogP contribution >= 0.6 is 0 Å². The summed E-state index contributed by atoms with van der Waals surface area (Å²) in [6.45, 7) is 13.6. The molecule has 0 unspecified atom stereocenters. The Bertz CT molecular complexity index is 605. The van der Waals surface area contributed by atoms with Crippen molar-refractivity contribution in [2.24, 2.45) is 4.99 Å². The minimum absolute atomic E-state index is 0.103. The lowest BCUT2D eigenvalue weighted by Gasteiger charge is -2.36. The van der Waals surface area contributed by atoms with Gasteiger partial charge in [0.2, 0.25) is 5.91 Å². The zero-order valence-corrected chi connectivity index (χ0v) is 17.2. The third-order valence-electron chi connectivity index (χ3n) is 4.46. The number of rotatable bonds is 7. The number of guanidine groups is 1. The number of aryl methyl sites for hydroxylation is 1. The van der Waals surface area contributed by atoms with Gasteiger partial charge in [-0.2, -0.15) is 0 Å². The smallest absolute Gasteiger partial charge is 0.234 e. The Kier molecular flexibility index (Phi) is 8.51. The van der Waals surface area contributed by atoms with E-state index in [-0.39, 0.29) is 11.9 Å². The Hall–Kier alpha value is -2.15. The molecule has 1 aromatic rings. The Morgan fingerprint density at radius 3 is 2.59 bits per heavy atom. The monoisotopic (exact) mass is 374 g/mol. The molecule has 2 rings (SSSR count). The number of hydrogen-bond acceptors (Lipinski definition) is 4. The van der Waals surface area contributed by atoms with Crippen molar-refractivity contribution in [3.63, 3.8) is 0 Å². The van der Waals surface area contributed by atoms with Crippen LogP contribution in [0.4, 0.5) is 0 Å². The van der Waals surface area contributed by atoms with E-state index in [9.17, 15) is 4.79 Å². The first-order valence-electron chi connectivity index (χ1n) is 9.94. The summed E-state index contributed by atoms with van der Waals surface area (Å²) in [5.41, 5.74) is 2.25. The Labute approximate surface area is 163 Å². The zero-order valence-electron chi connectivity index (χ0n) is 17.2. The van der Waals surface area contributed by atoms with Gasteiger partial charge in [-0.15, -0.1) is 0 Å². The summed E-state index contributed by atoms with van der Waals surface area (Å²) >= 11 is 0. The van der Waals surface area contributed by atoms with E-state index in [1.165, 1.54) is 5.56 Å². The van der Waals surface area contributed by atoms with Crippen LogP contribution in [-0.4, -0.2) is 78.5 Å². The Morgan fingerprint density at radius 2 is 2.00 bits per heavy atom. The lowest BCUT2D eigenvalue weighted by molar-refractivity contribution is -0.123. The van der Waals surface area contributed by atoms with Crippen LogP contribution in [0.25, 0.3) is 0 Å². The number of aliphatic imine (C=N–C) groups is 1. The highest BCUT2D eigenvalue weighted by atomic mass is 16.2. The first-order chi connectivity index (χ1) is 13.0.